The molecule has 2 aromatic carbocycles. The van der Waals surface area contributed by atoms with Crippen LogP contribution in [0.5, 0.6) is 5.75 Å². The Morgan fingerprint density at radius 2 is 1.76 bits per heavy atom. The average Bonchev–Trinajstić information content (AvgIpc) is 2.35. The van der Waals surface area contributed by atoms with Crippen LogP contribution < -0.4 is 10.5 Å². The smallest absolute Gasteiger partial charge is 0.120 e. The molecule has 0 saturated heterocycles. The summed E-state index contributed by atoms with van der Waals surface area (Å²) in [6, 6.07) is 14.1. The second-order valence-electron chi connectivity index (χ2n) is 3.82. The predicted octanol–water partition coefficient (Wildman–Crippen LogP) is 3.74. The molecule has 0 radical (unpaired) electrons. The van der Waals surface area contributed by atoms with Crippen molar-refractivity contribution in [2.45, 2.75) is 16.7 Å². The van der Waals surface area contributed by atoms with Gasteiger partial charge in [-0.15, -0.1) is 0 Å². The van der Waals surface area contributed by atoms with E-state index in [0.717, 1.165) is 16.3 Å². The van der Waals surface area contributed by atoms with Gasteiger partial charge in [0.1, 0.15) is 5.75 Å². The van der Waals surface area contributed by atoms with E-state index < -0.39 is 0 Å². The molecule has 0 unspecified atom stereocenters. The summed E-state index contributed by atoms with van der Waals surface area (Å²) >= 11 is 1.65. The largest absolute Gasteiger partial charge is 0.497 e. The van der Waals surface area contributed by atoms with Crippen molar-refractivity contribution in [2.24, 2.45) is 0 Å². The third-order valence-electron chi connectivity index (χ3n) is 2.47. The van der Waals surface area contributed by atoms with Crippen molar-refractivity contribution >= 4 is 17.4 Å². The first kappa shape index (κ1) is 11.9. The average molecular weight is 245 g/mol. The minimum Gasteiger partial charge on any atom is -0.497 e. The summed E-state index contributed by atoms with van der Waals surface area (Å²) in [5, 5.41) is 0. The number of hydrogen-bond acceptors (Lipinski definition) is 3. The lowest BCUT2D eigenvalue weighted by atomic mass is 10.2. The Morgan fingerprint density at radius 1 is 1.06 bits per heavy atom. The summed E-state index contributed by atoms with van der Waals surface area (Å²) in [7, 11) is 1.66. The molecule has 2 aromatic rings. The molecule has 0 aliphatic rings. The highest BCUT2D eigenvalue weighted by Crippen LogP contribution is 2.34. The summed E-state index contributed by atoms with van der Waals surface area (Å²) in [5.74, 6) is 0.828. The number of hydrogen-bond donors (Lipinski definition) is 1. The third kappa shape index (κ3) is 2.94. The van der Waals surface area contributed by atoms with E-state index >= 15 is 0 Å². The van der Waals surface area contributed by atoms with Crippen molar-refractivity contribution in [3.8, 4) is 5.75 Å². The molecule has 0 bridgehead atoms. The molecule has 0 heterocycles. The Kier molecular flexibility index (Phi) is 3.59. The highest BCUT2D eigenvalue weighted by molar-refractivity contribution is 7.99. The van der Waals surface area contributed by atoms with Gasteiger partial charge in [-0.3, -0.25) is 0 Å². The summed E-state index contributed by atoms with van der Waals surface area (Å²) in [4.78, 5) is 2.20. The van der Waals surface area contributed by atoms with Crippen LogP contribution in [0.15, 0.2) is 52.3 Å². The summed E-state index contributed by atoms with van der Waals surface area (Å²) in [5.41, 5.74) is 7.98. The molecule has 2 rings (SSSR count). The van der Waals surface area contributed by atoms with E-state index in [1.165, 1.54) is 10.5 Å². The van der Waals surface area contributed by atoms with Gasteiger partial charge in [-0.2, -0.15) is 0 Å². The van der Waals surface area contributed by atoms with Gasteiger partial charge in [-0.05, 0) is 37.3 Å². The van der Waals surface area contributed by atoms with E-state index in [2.05, 4.69) is 31.2 Å². The molecule has 0 saturated carbocycles. The van der Waals surface area contributed by atoms with Crippen LogP contribution in [0, 0.1) is 6.92 Å². The molecule has 0 aliphatic carbocycles. The molecule has 0 aliphatic heterocycles. The number of rotatable bonds is 3. The van der Waals surface area contributed by atoms with Gasteiger partial charge in [0, 0.05) is 15.5 Å². The lowest BCUT2D eigenvalue weighted by Crippen LogP contribution is -1.90. The predicted molar refractivity (Wildman–Crippen MR) is 72.7 cm³/mol. The molecular weight excluding hydrogens is 230 g/mol. The molecule has 88 valence electrons. The minimum absolute atomic E-state index is 0.774. The van der Waals surface area contributed by atoms with E-state index in [-0.39, 0.29) is 0 Å². The lowest BCUT2D eigenvalue weighted by Gasteiger charge is -2.08. The fourth-order valence-electron chi connectivity index (χ4n) is 1.46. The molecule has 0 aromatic heterocycles. The number of nitrogens with two attached hydrogens (primary N) is 1. The second-order valence-corrected chi connectivity index (χ2v) is 4.93. The van der Waals surface area contributed by atoms with Gasteiger partial charge >= 0.3 is 0 Å². The molecule has 2 nitrogen and oxygen atoms in total. The quantitative estimate of drug-likeness (QED) is 0.837. The lowest BCUT2D eigenvalue weighted by molar-refractivity contribution is 0.414. The van der Waals surface area contributed by atoms with Crippen molar-refractivity contribution in [3.63, 3.8) is 0 Å². The molecule has 3 heteroatoms. The van der Waals surface area contributed by atoms with Gasteiger partial charge in [0.2, 0.25) is 0 Å². The van der Waals surface area contributed by atoms with Crippen LogP contribution in [-0.4, -0.2) is 7.11 Å². The van der Waals surface area contributed by atoms with Gasteiger partial charge in [0.05, 0.1) is 7.11 Å². The number of anilines is 1. The van der Waals surface area contributed by atoms with E-state index in [4.69, 9.17) is 10.5 Å². The third-order valence-corrected chi connectivity index (χ3v) is 3.55. The monoisotopic (exact) mass is 245 g/mol. The maximum absolute atomic E-state index is 5.95. The highest BCUT2D eigenvalue weighted by atomic mass is 32.2. The van der Waals surface area contributed by atoms with Crippen molar-refractivity contribution < 1.29 is 4.74 Å². The van der Waals surface area contributed by atoms with Crippen LogP contribution in [0.25, 0.3) is 0 Å². The van der Waals surface area contributed by atoms with E-state index in [1.54, 1.807) is 18.9 Å². The van der Waals surface area contributed by atoms with Crippen LogP contribution in [-0.2, 0) is 0 Å². The normalized spacial score (nSPS) is 10.2. The van der Waals surface area contributed by atoms with Crippen LogP contribution in [0.1, 0.15) is 5.56 Å². The van der Waals surface area contributed by atoms with E-state index in [9.17, 15) is 0 Å². The molecule has 17 heavy (non-hydrogen) atoms. The van der Waals surface area contributed by atoms with Crippen LogP contribution in [0.4, 0.5) is 5.69 Å². The van der Waals surface area contributed by atoms with Crippen molar-refractivity contribution in [3.05, 3.63) is 48.0 Å². The van der Waals surface area contributed by atoms with Crippen LogP contribution in [0.3, 0.4) is 0 Å². The first-order chi connectivity index (χ1) is 8.19. The minimum atomic E-state index is 0.774. The molecule has 0 amide bonds. The van der Waals surface area contributed by atoms with Gasteiger partial charge in [-0.25, -0.2) is 0 Å². The Bertz CT molecular complexity index is 508. The summed E-state index contributed by atoms with van der Waals surface area (Å²) in [6.45, 7) is 2.08. The highest BCUT2D eigenvalue weighted by Gasteiger charge is 2.03. The van der Waals surface area contributed by atoms with Crippen molar-refractivity contribution in [1.82, 2.24) is 0 Å². The zero-order valence-corrected chi connectivity index (χ0v) is 10.8. The van der Waals surface area contributed by atoms with Gasteiger partial charge < -0.3 is 10.5 Å². The zero-order valence-electron chi connectivity index (χ0n) is 9.94. The Balaban J connectivity index is 2.25. The SMILES string of the molecule is COc1ccc(N)c(Sc2ccc(C)cc2)c1. The van der Waals surface area contributed by atoms with Crippen LogP contribution >= 0.6 is 11.8 Å². The number of methoxy groups -OCH3 is 1. The van der Waals surface area contributed by atoms with Crippen molar-refractivity contribution in [2.75, 3.05) is 12.8 Å². The Morgan fingerprint density at radius 3 is 2.41 bits per heavy atom. The molecular formula is C14H15NOS. The standard InChI is InChI=1S/C14H15NOS/c1-10-3-6-12(7-4-10)17-14-9-11(16-2)5-8-13(14)15/h3-9H,15H2,1-2H3. The van der Waals surface area contributed by atoms with E-state index in [1.807, 2.05) is 18.2 Å². The second kappa shape index (κ2) is 5.15. The Hall–Kier alpha value is -1.61. The fraction of sp³-hybridized carbons (Fsp3) is 0.143. The maximum atomic E-state index is 5.95. The number of nitrogen functional groups attached to an aromatic ring is 1. The topological polar surface area (TPSA) is 35.2 Å². The van der Waals surface area contributed by atoms with Crippen molar-refractivity contribution in [1.29, 1.82) is 0 Å². The van der Waals surface area contributed by atoms with Crippen LogP contribution in [0.2, 0.25) is 0 Å². The molecule has 0 spiro atoms. The fourth-order valence-corrected chi connectivity index (χ4v) is 2.35. The maximum Gasteiger partial charge on any atom is 0.120 e. The summed E-state index contributed by atoms with van der Waals surface area (Å²) in [6.07, 6.45) is 0. The molecule has 0 atom stereocenters. The first-order valence-electron chi connectivity index (χ1n) is 5.37. The summed E-state index contributed by atoms with van der Waals surface area (Å²) < 4.78 is 5.20. The zero-order chi connectivity index (χ0) is 12.3. The first-order valence-corrected chi connectivity index (χ1v) is 6.19. The Labute approximate surface area is 106 Å². The van der Waals surface area contributed by atoms with Gasteiger partial charge in [-0.1, -0.05) is 29.5 Å². The number of benzene rings is 2. The molecule has 0 fully saturated rings. The van der Waals surface area contributed by atoms with E-state index in [0.29, 0.717) is 0 Å². The number of aryl methyl sites for hydroxylation is 1. The van der Waals surface area contributed by atoms with Gasteiger partial charge in [0.15, 0.2) is 0 Å². The molecule has 2 N–H and O–H groups in total. The number of ether oxygens (including phenoxy) is 1. The van der Waals surface area contributed by atoms with Gasteiger partial charge in [0.25, 0.3) is 0 Å².